The van der Waals surface area contributed by atoms with Crippen LogP contribution in [0.2, 0.25) is 0 Å². The first-order valence-corrected chi connectivity index (χ1v) is 13.5. The van der Waals surface area contributed by atoms with Crippen LogP contribution in [0, 0.1) is 0 Å². The maximum atomic E-state index is 12.5. The van der Waals surface area contributed by atoms with Crippen LogP contribution in [0.1, 0.15) is 23.2 Å². The van der Waals surface area contributed by atoms with E-state index < -0.39 is 33.9 Å². The van der Waals surface area contributed by atoms with Gasteiger partial charge in [-0.3, -0.25) is 9.69 Å². The van der Waals surface area contributed by atoms with Crippen LogP contribution in [-0.2, 0) is 29.2 Å². The molecule has 0 aromatic heterocycles. The zero-order chi connectivity index (χ0) is 30.3. The zero-order valence-electron chi connectivity index (χ0n) is 21.9. The lowest BCUT2D eigenvalue weighted by atomic mass is 10.1. The van der Waals surface area contributed by atoms with Crippen LogP contribution in [0.3, 0.4) is 0 Å². The van der Waals surface area contributed by atoms with E-state index in [1.807, 2.05) is 0 Å². The second kappa shape index (κ2) is 16.9. The van der Waals surface area contributed by atoms with Crippen molar-refractivity contribution in [3.63, 3.8) is 0 Å². The van der Waals surface area contributed by atoms with Crippen molar-refractivity contribution >= 4 is 39.7 Å². The first-order chi connectivity index (χ1) is 18.7. The number of rotatable bonds is 9. The number of aliphatic carboxylic acids is 4. The quantitative estimate of drug-likeness (QED) is 0.228. The number of benzene rings is 1. The Hall–Kier alpha value is -3.92. The van der Waals surface area contributed by atoms with Crippen LogP contribution in [0.5, 0.6) is 0 Å². The second-order valence-corrected chi connectivity index (χ2v) is 10.6. The topological polar surface area (TPSA) is 210 Å². The highest BCUT2D eigenvalue weighted by Crippen LogP contribution is 2.21. The van der Waals surface area contributed by atoms with Gasteiger partial charge in [0.1, 0.15) is 0 Å². The number of carbonyl (C=O) groups excluding carboxylic acids is 1. The summed E-state index contributed by atoms with van der Waals surface area (Å²) in [5.41, 5.74) is 0.578. The van der Waals surface area contributed by atoms with Crippen LogP contribution in [0.4, 0.5) is 0 Å². The highest BCUT2D eigenvalue weighted by Gasteiger charge is 2.27. The summed E-state index contributed by atoms with van der Waals surface area (Å²) >= 11 is 0. The van der Waals surface area contributed by atoms with Gasteiger partial charge in [0.15, 0.2) is 5.78 Å². The average molecular weight is 584 g/mol. The minimum absolute atomic E-state index is 0.0460. The molecule has 2 fully saturated rings. The first-order valence-electron chi connectivity index (χ1n) is 12.0. The Bertz CT molecular complexity index is 1130. The summed E-state index contributed by atoms with van der Waals surface area (Å²) in [4.78, 5) is 55.3. The maximum Gasteiger partial charge on any atom is 0.328 e. The van der Waals surface area contributed by atoms with Gasteiger partial charge in [-0.05, 0) is 32.0 Å². The Morgan fingerprint density at radius 2 is 1.10 bits per heavy atom. The van der Waals surface area contributed by atoms with Crippen LogP contribution >= 0.6 is 0 Å². The monoisotopic (exact) mass is 583 g/mol. The summed E-state index contributed by atoms with van der Waals surface area (Å²) in [7, 11) is -1.33. The molecule has 3 rings (SSSR count). The third kappa shape index (κ3) is 13.2. The van der Waals surface area contributed by atoms with Crippen LogP contribution in [0.25, 0.3) is 0 Å². The van der Waals surface area contributed by atoms with Gasteiger partial charge in [-0.15, -0.1) is 0 Å². The van der Waals surface area contributed by atoms with Crippen molar-refractivity contribution in [1.29, 1.82) is 0 Å². The largest absolute Gasteiger partial charge is 0.478 e. The first kappa shape index (κ1) is 34.1. The van der Waals surface area contributed by atoms with E-state index in [2.05, 4.69) is 16.8 Å². The molecule has 0 spiro atoms. The number of carboxylic acids is 4. The zero-order valence-corrected chi connectivity index (χ0v) is 22.7. The average Bonchev–Trinajstić information content (AvgIpc) is 3.45. The number of ketones is 1. The molecule has 0 unspecified atom stereocenters. The Morgan fingerprint density at radius 1 is 0.700 bits per heavy atom. The number of Topliss-reactive ketones (excluding diaryl/α,β-unsaturated/α-hetero) is 1. The Balaban J connectivity index is 0.000000412. The fourth-order valence-electron chi connectivity index (χ4n) is 3.48. The standard InChI is InChI=1S/C17H25N3O3S.2C4H4O4/c1-18-10-12-19(13-11-18)14-17(21)15-4-6-16(7-5-15)24(22,23)20-8-2-3-9-20;2*5-3(6)1-2-4(7)8/h4-7H,2-3,8-14H2,1H3;2*1-2H,(H,5,6)(H,7,8)/b;2*2-1+. The number of carboxylic acid groups (broad SMARTS) is 4. The van der Waals surface area contributed by atoms with E-state index in [0.717, 1.165) is 39.0 Å². The van der Waals surface area contributed by atoms with Gasteiger partial charge in [-0.25, -0.2) is 27.6 Å². The van der Waals surface area contributed by atoms with Crippen molar-refractivity contribution in [2.75, 3.05) is 52.9 Å². The summed E-state index contributed by atoms with van der Waals surface area (Å²) in [6.07, 6.45) is 4.07. The second-order valence-electron chi connectivity index (χ2n) is 8.66. The van der Waals surface area contributed by atoms with E-state index in [-0.39, 0.29) is 10.7 Å². The molecule has 2 saturated heterocycles. The summed E-state index contributed by atoms with van der Waals surface area (Å²) in [6, 6.07) is 6.40. The third-order valence-corrected chi connectivity index (χ3v) is 7.49. The number of likely N-dealkylation sites (N-methyl/N-ethyl adjacent to an activating group) is 1. The minimum Gasteiger partial charge on any atom is -0.478 e. The van der Waals surface area contributed by atoms with Gasteiger partial charge in [0.2, 0.25) is 10.0 Å². The van der Waals surface area contributed by atoms with Crippen LogP contribution < -0.4 is 0 Å². The molecule has 0 aliphatic carbocycles. The lowest BCUT2D eigenvalue weighted by Crippen LogP contribution is -2.46. The highest BCUT2D eigenvalue weighted by atomic mass is 32.2. The van der Waals surface area contributed by atoms with Gasteiger partial charge in [-0.2, -0.15) is 4.31 Å². The molecular weight excluding hydrogens is 550 g/mol. The van der Waals surface area contributed by atoms with E-state index in [9.17, 15) is 32.4 Å². The number of nitrogens with zero attached hydrogens (tertiary/aromatic N) is 3. The summed E-state index contributed by atoms with van der Waals surface area (Å²) in [6.45, 7) is 5.30. The van der Waals surface area contributed by atoms with Gasteiger partial charge < -0.3 is 25.3 Å². The molecule has 1 aromatic carbocycles. The van der Waals surface area contributed by atoms with E-state index >= 15 is 0 Å². The van der Waals surface area contributed by atoms with Crippen molar-refractivity contribution in [1.82, 2.24) is 14.1 Å². The van der Waals surface area contributed by atoms with E-state index in [1.165, 1.54) is 4.31 Å². The SMILES string of the molecule is CN1CCN(CC(=O)c2ccc(S(=O)(=O)N3CCCC3)cc2)CC1.O=C(O)/C=C/C(=O)O.O=C(O)/C=C/C(=O)O. The van der Waals surface area contributed by atoms with Crippen molar-refractivity contribution in [3.8, 4) is 0 Å². The van der Waals surface area contributed by atoms with Crippen LogP contribution in [-0.4, -0.2) is 125 Å². The van der Waals surface area contributed by atoms with Gasteiger partial charge >= 0.3 is 23.9 Å². The predicted molar refractivity (Wildman–Crippen MR) is 142 cm³/mol. The van der Waals surface area contributed by atoms with Gasteiger partial charge in [0, 0.05) is 69.1 Å². The molecule has 2 heterocycles. The van der Waals surface area contributed by atoms with Gasteiger partial charge in [0.25, 0.3) is 0 Å². The van der Waals surface area contributed by atoms with E-state index in [0.29, 0.717) is 49.5 Å². The highest BCUT2D eigenvalue weighted by molar-refractivity contribution is 7.89. The number of piperazine rings is 1. The summed E-state index contributed by atoms with van der Waals surface area (Å²) in [5, 5.41) is 31.2. The van der Waals surface area contributed by atoms with E-state index in [4.69, 9.17) is 20.4 Å². The molecule has 0 bridgehead atoms. The molecule has 0 amide bonds. The smallest absolute Gasteiger partial charge is 0.328 e. The van der Waals surface area contributed by atoms with Crippen molar-refractivity contribution in [2.24, 2.45) is 0 Å². The fraction of sp³-hybridized carbons (Fsp3) is 0.400. The molecule has 0 saturated carbocycles. The lowest BCUT2D eigenvalue weighted by Gasteiger charge is -2.31. The number of hydrogen-bond donors (Lipinski definition) is 4. The fourth-order valence-corrected chi connectivity index (χ4v) is 4.99. The van der Waals surface area contributed by atoms with E-state index in [1.54, 1.807) is 24.3 Å². The minimum atomic E-state index is -3.41. The predicted octanol–water partition coefficient (Wildman–Crippen LogP) is 0.325. The molecule has 220 valence electrons. The Morgan fingerprint density at radius 3 is 1.48 bits per heavy atom. The Kier molecular flexibility index (Phi) is 14.4. The third-order valence-electron chi connectivity index (χ3n) is 5.58. The van der Waals surface area contributed by atoms with Crippen molar-refractivity contribution in [3.05, 3.63) is 54.1 Å². The number of sulfonamides is 1. The van der Waals surface area contributed by atoms with Crippen molar-refractivity contribution < 1.29 is 52.8 Å². The molecule has 1 aromatic rings. The van der Waals surface area contributed by atoms with Gasteiger partial charge in [-0.1, -0.05) is 12.1 Å². The molecule has 4 N–H and O–H groups in total. The lowest BCUT2D eigenvalue weighted by molar-refractivity contribution is -0.134. The normalized spacial score (nSPS) is 16.5. The molecule has 14 nitrogen and oxygen atoms in total. The number of carbonyl (C=O) groups is 5. The van der Waals surface area contributed by atoms with Crippen molar-refractivity contribution in [2.45, 2.75) is 17.7 Å². The molecule has 15 heteroatoms. The molecule has 2 aliphatic rings. The molecule has 40 heavy (non-hydrogen) atoms. The van der Waals surface area contributed by atoms with Crippen LogP contribution in [0.15, 0.2) is 53.5 Å². The molecule has 0 radical (unpaired) electrons. The maximum absolute atomic E-state index is 12.5. The summed E-state index contributed by atoms with van der Waals surface area (Å²) < 4.78 is 26.5. The summed E-state index contributed by atoms with van der Waals surface area (Å²) in [5.74, 6) is -4.98. The molecular formula is C25H33N3O11S. The Labute approximate surface area is 231 Å². The van der Waals surface area contributed by atoms with Gasteiger partial charge in [0.05, 0.1) is 11.4 Å². The molecule has 2 aliphatic heterocycles. The number of hydrogen-bond acceptors (Lipinski definition) is 9. The molecule has 0 atom stereocenters.